The highest BCUT2D eigenvalue weighted by molar-refractivity contribution is 6.30. The molecule has 3 aromatic carbocycles. The van der Waals surface area contributed by atoms with Gasteiger partial charge in [0.2, 0.25) is 5.95 Å². The van der Waals surface area contributed by atoms with Crippen LogP contribution in [0.1, 0.15) is 24.1 Å². The second kappa shape index (κ2) is 8.56. The van der Waals surface area contributed by atoms with Crippen molar-refractivity contribution in [2.45, 2.75) is 19.9 Å². The monoisotopic (exact) mass is 455 g/mol. The Hall–Kier alpha value is -3.90. The first kappa shape index (κ1) is 21.0. The van der Waals surface area contributed by atoms with E-state index in [9.17, 15) is 4.79 Å². The minimum Gasteiger partial charge on any atom is -0.328 e. The number of halogens is 1. The van der Waals surface area contributed by atoms with Gasteiger partial charge in [0, 0.05) is 22.0 Å². The fourth-order valence-electron chi connectivity index (χ4n) is 4.02. The van der Waals surface area contributed by atoms with E-state index in [2.05, 4.69) is 10.6 Å². The molecule has 164 valence electrons. The van der Waals surface area contributed by atoms with Crippen molar-refractivity contribution in [1.29, 1.82) is 0 Å². The molecule has 7 heteroatoms. The number of hydrogen-bond donors (Lipinski definition) is 2. The van der Waals surface area contributed by atoms with Crippen LogP contribution in [0.4, 0.5) is 11.6 Å². The fourth-order valence-corrected chi connectivity index (χ4v) is 4.15. The summed E-state index contributed by atoms with van der Waals surface area (Å²) in [4.78, 5) is 18.2. The van der Waals surface area contributed by atoms with Gasteiger partial charge in [-0.15, -0.1) is 5.10 Å². The van der Waals surface area contributed by atoms with Gasteiger partial charge in [0.15, 0.2) is 5.82 Å². The van der Waals surface area contributed by atoms with E-state index in [0.29, 0.717) is 22.4 Å². The van der Waals surface area contributed by atoms with Crippen LogP contribution in [-0.2, 0) is 4.79 Å². The second-order valence-corrected chi connectivity index (χ2v) is 8.45. The van der Waals surface area contributed by atoms with Crippen molar-refractivity contribution in [3.8, 4) is 11.4 Å². The summed E-state index contributed by atoms with van der Waals surface area (Å²) in [5.41, 5.74) is 4.94. The number of carbonyl (C=O) groups excluding carboxylic acids is 1. The Kier molecular flexibility index (Phi) is 5.44. The molecule has 1 atom stereocenters. The second-order valence-electron chi connectivity index (χ2n) is 8.01. The van der Waals surface area contributed by atoms with Gasteiger partial charge in [0.1, 0.15) is 6.04 Å². The van der Waals surface area contributed by atoms with E-state index in [1.807, 2.05) is 92.7 Å². The van der Waals surface area contributed by atoms with Gasteiger partial charge in [-0.05, 0) is 49.7 Å². The molecule has 1 aromatic heterocycles. The highest BCUT2D eigenvalue weighted by Crippen LogP contribution is 2.37. The Bertz CT molecular complexity index is 1360. The minimum absolute atomic E-state index is 0.204. The summed E-state index contributed by atoms with van der Waals surface area (Å²) >= 11 is 6.15. The third-order valence-corrected chi connectivity index (χ3v) is 5.84. The van der Waals surface area contributed by atoms with Crippen LogP contribution in [0.5, 0.6) is 0 Å². The van der Waals surface area contributed by atoms with Gasteiger partial charge in [-0.3, -0.25) is 4.79 Å². The number of benzene rings is 3. The number of fused-ring (bicyclic) bond motifs is 1. The summed E-state index contributed by atoms with van der Waals surface area (Å²) in [5.74, 6) is 0.974. The standard InChI is InChI=1S/C26H22ClN5O/c1-16-7-6-8-19(15-16)24-30-26-28-17(2)22(25(33)29-21-9-4-3-5-10-21)23(32(26)31-24)18-11-13-20(27)14-12-18/h3-15,23H,1-2H3,(H,29,33)(H,28,30,31). The van der Waals surface area contributed by atoms with Gasteiger partial charge in [-0.2, -0.15) is 4.98 Å². The third kappa shape index (κ3) is 4.13. The predicted molar refractivity (Wildman–Crippen MR) is 131 cm³/mol. The van der Waals surface area contributed by atoms with Crippen molar-refractivity contribution in [2.24, 2.45) is 0 Å². The topological polar surface area (TPSA) is 71.8 Å². The van der Waals surface area contributed by atoms with Gasteiger partial charge in [0.25, 0.3) is 5.91 Å². The van der Waals surface area contributed by atoms with E-state index in [1.54, 1.807) is 4.68 Å². The van der Waals surface area contributed by atoms with Crippen molar-refractivity contribution in [3.63, 3.8) is 0 Å². The predicted octanol–water partition coefficient (Wildman–Crippen LogP) is 5.83. The molecule has 1 aliphatic rings. The minimum atomic E-state index is -0.465. The van der Waals surface area contributed by atoms with Gasteiger partial charge >= 0.3 is 0 Å². The largest absolute Gasteiger partial charge is 0.328 e. The number of carbonyl (C=O) groups is 1. The van der Waals surface area contributed by atoms with Crippen molar-refractivity contribution in [1.82, 2.24) is 14.8 Å². The van der Waals surface area contributed by atoms with E-state index in [0.717, 1.165) is 28.1 Å². The Morgan fingerprint density at radius 2 is 1.76 bits per heavy atom. The molecule has 0 saturated heterocycles. The maximum atomic E-state index is 13.5. The Morgan fingerprint density at radius 1 is 1.00 bits per heavy atom. The molecule has 1 aliphatic heterocycles. The number of hydrogen-bond acceptors (Lipinski definition) is 4. The first-order valence-electron chi connectivity index (χ1n) is 10.6. The van der Waals surface area contributed by atoms with Gasteiger partial charge in [-0.25, -0.2) is 4.68 Å². The zero-order valence-corrected chi connectivity index (χ0v) is 19.0. The first-order chi connectivity index (χ1) is 16.0. The highest BCUT2D eigenvalue weighted by atomic mass is 35.5. The summed E-state index contributed by atoms with van der Waals surface area (Å²) in [7, 11) is 0. The lowest BCUT2D eigenvalue weighted by Gasteiger charge is -2.28. The van der Waals surface area contributed by atoms with Crippen LogP contribution in [0.15, 0.2) is 90.1 Å². The lowest BCUT2D eigenvalue weighted by atomic mass is 9.95. The van der Waals surface area contributed by atoms with Crippen LogP contribution >= 0.6 is 11.6 Å². The third-order valence-electron chi connectivity index (χ3n) is 5.59. The first-order valence-corrected chi connectivity index (χ1v) is 11.0. The Morgan fingerprint density at radius 3 is 2.48 bits per heavy atom. The fraction of sp³-hybridized carbons (Fsp3) is 0.115. The molecule has 0 saturated carbocycles. The van der Waals surface area contributed by atoms with Crippen LogP contribution in [0.3, 0.4) is 0 Å². The molecule has 0 bridgehead atoms. The van der Waals surface area contributed by atoms with E-state index in [-0.39, 0.29) is 5.91 Å². The number of nitrogens with one attached hydrogen (secondary N) is 2. The van der Waals surface area contributed by atoms with Crippen molar-refractivity contribution < 1.29 is 4.79 Å². The van der Waals surface area contributed by atoms with Crippen LogP contribution in [0.25, 0.3) is 11.4 Å². The number of para-hydroxylation sites is 1. The Balaban J connectivity index is 1.61. The molecular weight excluding hydrogens is 434 g/mol. The normalized spacial score (nSPS) is 15.1. The van der Waals surface area contributed by atoms with E-state index >= 15 is 0 Å². The molecule has 4 aromatic rings. The molecule has 2 heterocycles. The molecule has 5 rings (SSSR count). The zero-order chi connectivity index (χ0) is 22.9. The van der Waals surface area contributed by atoms with Gasteiger partial charge < -0.3 is 10.6 Å². The SMILES string of the molecule is CC1=C(C(=O)Nc2ccccc2)C(c2ccc(Cl)cc2)n2nc(-c3cccc(C)c3)nc2N1. The summed E-state index contributed by atoms with van der Waals surface area (Å²) in [6, 6.07) is 24.4. The maximum Gasteiger partial charge on any atom is 0.255 e. The lowest BCUT2D eigenvalue weighted by molar-refractivity contribution is -0.113. The quantitative estimate of drug-likeness (QED) is 0.406. The van der Waals surface area contributed by atoms with E-state index < -0.39 is 6.04 Å². The zero-order valence-electron chi connectivity index (χ0n) is 18.2. The van der Waals surface area contributed by atoms with Gasteiger partial charge in [0.05, 0.1) is 5.57 Å². The maximum absolute atomic E-state index is 13.5. The molecule has 1 unspecified atom stereocenters. The lowest BCUT2D eigenvalue weighted by Crippen LogP contribution is -2.31. The molecular formula is C26H22ClN5O. The summed E-state index contributed by atoms with van der Waals surface area (Å²) in [6.07, 6.45) is 0. The van der Waals surface area contributed by atoms with Crippen molar-refractivity contribution in [3.05, 3.63) is 106 Å². The average molecular weight is 456 g/mol. The van der Waals surface area contributed by atoms with Crippen molar-refractivity contribution in [2.75, 3.05) is 10.6 Å². The molecule has 33 heavy (non-hydrogen) atoms. The number of anilines is 2. The molecule has 0 radical (unpaired) electrons. The summed E-state index contributed by atoms with van der Waals surface area (Å²) < 4.78 is 1.77. The van der Waals surface area contributed by atoms with Crippen molar-refractivity contribution >= 4 is 29.1 Å². The highest BCUT2D eigenvalue weighted by Gasteiger charge is 2.34. The summed E-state index contributed by atoms with van der Waals surface area (Å²) in [6.45, 7) is 3.92. The number of nitrogens with zero attached hydrogens (tertiary/aromatic N) is 3. The number of aromatic nitrogens is 3. The number of amides is 1. The smallest absolute Gasteiger partial charge is 0.255 e. The molecule has 0 spiro atoms. The van der Waals surface area contributed by atoms with E-state index in [1.165, 1.54) is 0 Å². The van der Waals surface area contributed by atoms with Crippen LogP contribution in [0.2, 0.25) is 5.02 Å². The molecule has 0 aliphatic carbocycles. The number of aryl methyl sites for hydroxylation is 1. The molecule has 0 fully saturated rings. The molecule has 2 N–H and O–H groups in total. The summed E-state index contributed by atoms with van der Waals surface area (Å²) in [5, 5.41) is 11.7. The number of rotatable bonds is 4. The van der Waals surface area contributed by atoms with Crippen LogP contribution in [-0.4, -0.2) is 20.7 Å². The molecule has 1 amide bonds. The van der Waals surface area contributed by atoms with E-state index in [4.69, 9.17) is 21.7 Å². The molecule has 6 nitrogen and oxygen atoms in total. The van der Waals surface area contributed by atoms with Crippen LogP contribution < -0.4 is 10.6 Å². The number of allylic oxidation sites excluding steroid dienone is 1. The van der Waals surface area contributed by atoms with Gasteiger partial charge in [-0.1, -0.05) is 65.7 Å². The Labute approximate surface area is 196 Å². The van der Waals surface area contributed by atoms with Crippen LogP contribution in [0, 0.1) is 6.92 Å². The average Bonchev–Trinajstić information content (AvgIpc) is 3.23.